The number of alkyl carbamates (subject to hydrolysis) is 1. The minimum absolute atomic E-state index is 0.105. The summed E-state index contributed by atoms with van der Waals surface area (Å²) in [4.78, 5) is 33.5. The van der Waals surface area contributed by atoms with Crippen LogP contribution in [0.25, 0.3) is 0 Å². The third-order valence-electron chi connectivity index (χ3n) is 1.95. The first kappa shape index (κ1) is 14.6. The molecular formula is C12H12FNO5. The zero-order valence-corrected chi connectivity index (χ0v) is 10.1. The summed E-state index contributed by atoms with van der Waals surface area (Å²) in [5.41, 5.74) is -0.286. The van der Waals surface area contributed by atoms with Crippen molar-refractivity contribution in [3.63, 3.8) is 0 Å². The van der Waals surface area contributed by atoms with Crippen molar-refractivity contribution in [2.24, 2.45) is 0 Å². The van der Waals surface area contributed by atoms with Crippen LogP contribution in [0.4, 0.5) is 9.18 Å². The summed E-state index contributed by atoms with van der Waals surface area (Å²) in [6.45, 7) is 0.975. The smallest absolute Gasteiger partial charge is 0.413 e. The number of carbonyl (C=O) groups is 3. The average Bonchev–Trinajstić information content (AvgIpc) is 2.36. The van der Waals surface area contributed by atoms with Gasteiger partial charge in [-0.25, -0.2) is 14.0 Å². The fourth-order valence-corrected chi connectivity index (χ4v) is 1.15. The standard InChI is InChI=1S/C12H12FNO5/c1-2-18-12(17)14-10(15)7-19-11(16)8-5-3-4-6-9(8)13/h3-6H,2,7H2,1H3,(H,14,15,17). The van der Waals surface area contributed by atoms with E-state index >= 15 is 0 Å². The van der Waals surface area contributed by atoms with Crippen molar-refractivity contribution in [2.75, 3.05) is 13.2 Å². The molecule has 0 radical (unpaired) electrons. The third-order valence-corrected chi connectivity index (χ3v) is 1.95. The van der Waals surface area contributed by atoms with Crippen LogP contribution in [0.3, 0.4) is 0 Å². The number of rotatable bonds is 4. The number of amides is 2. The van der Waals surface area contributed by atoms with E-state index in [2.05, 4.69) is 9.47 Å². The Kier molecular flexibility index (Phi) is 5.46. The van der Waals surface area contributed by atoms with Gasteiger partial charge in [0.2, 0.25) is 0 Å². The second-order valence-corrected chi connectivity index (χ2v) is 3.32. The molecule has 0 saturated carbocycles. The summed E-state index contributed by atoms with van der Waals surface area (Å²) in [7, 11) is 0. The average molecular weight is 269 g/mol. The molecule has 6 nitrogen and oxygen atoms in total. The van der Waals surface area contributed by atoms with Crippen molar-refractivity contribution in [1.82, 2.24) is 5.32 Å². The molecule has 0 atom stereocenters. The van der Waals surface area contributed by atoms with Gasteiger partial charge < -0.3 is 9.47 Å². The summed E-state index contributed by atoms with van der Waals surface area (Å²) in [6, 6.07) is 5.19. The van der Waals surface area contributed by atoms with Crippen LogP contribution in [0.5, 0.6) is 0 Å². The van der Waals surface area contributed by atoms with E-state index in [0.29, 0.717) is 0 Å². The summed E-state index contributed by atoms with van der Waals surface area (Å²) in [5, 5.41) is 1.83. The van der Waals surface area contributed by atoms with Gasteiger partial charge in [0.05, 0.1) is 12.2 Å². The number of esters is 1. The summed E-state index contributed by atoms with van der Waals surface area (Å²) >= 11 is 0. The maximum absolute atomic E-state index is 13.2. The molecule has 0 aliphatic heterocycles. The molecule has 1 rings (SSSR count). The zero-order chi connectivity index (χ0) is 14.3. The Hall–Kier alpha value is -2.44. The molecule has 7 heteroatoms. The van der Waals surface area contributed by atoms with Gasteiger partial charge in [0.25, 0.3) is 5.91 Å². The molecule has 0 unspecified atom stereocenters. The molecule has 0 spiro atoms. The van der Waals surface area contributed by atoms with E-state index in [1.807, 2.05) is 5.32 Å². The van der Waals surface area contributed by atoms with Gasteiger partial charge in [0.1, 0.15) is 5.82 Å². The van der Waals surface area contributed by atoms with E-state index in [1.54, 1.807) is 6.92 Å². The first-order valence-electron chi connectivity index (χ1n) is 5.42. The second kappa shape index (κ2) is 7.10. The Bertz CT molecular complexity index is 489. The van der Waals surface area contributed by atoms with E-state index in [0.717, 1.165) is 6.07 Å². The molecule has 0 aromatic heterocycles. The highest BCUT2D eigenvalue weighted by Gasteiger charge is 2.15. The number of halogens is 1. The quantitative estimate of drug-likeness (QED) is 0.832. The molecule has 0 aliphatic rings. The largest absolute Gasteiger partial charge is 0.452 e. The molecule has 0 bridgehead atoms. The molecule has 0 saturated heterocycles. The number of carbonyl (C=O) groups excluding carboxylic acids is 3. The van der Waals surface area contributed by atoms with Crippen molar-refractivity contribution in [3.8, 4) is 0 Å². The molecule has 1 N–H and O–H groups in total. The number of imide groups is 1. The van der Waals surface area contributed by atoms with Crippen LogP contribution >= 0.6 is 0 Å². The Morgan fingerprint density at radius 3 is 2.53 bits per heavy atom. The predicted molar refractivity (Wildman–Crippen MR) is 61.8 cm³/mol. The topological polar surface area (TPSA) is 81.7 Å². The van der Waals surface area contributed by atoms with E-state index in [9.17, 15) is 18.8 Å². The van der Waals surface area contributed by atoms with E-state index in [1.165, 1.54) is 18.2 Å². The van der Waals surface area contributed by atoms with E-state index < -0.39 is 30.4 Å². The normalized spacial score (nSPS) is 9.58. The summed E-state index contributed by atoms with van der Waals surface area (Å²) < 4.78 is 22.2. The van der Waals surface area contributed by atoms with Gasteiger partial charge in [-0.1, -0.05) is 12.1 Å². The minimum atomic E-state index is -0.989. The lowest BCUT2D eigenvalue weighted by molar-refractivity contribution is -0.123. The minimum Gasteiger partial charge on any atom is -0.452 e. The Morgan fingerprint density at radius 1 is 1.21 bits per heavy atom. The number of benzene rings is 1. The van der Waals surface area contributed by atoms with E-state index in [4.69, 9.17) is 0 Å². The SMILES string of the molecule is CCOC(=O)NC(=O)COC(=O)c1ccccc1F. The number of hydrogen-bond acceptors (Lipinski definition) is 5. The predicted octanol–water partition coefficient (Wildman–Crippen LogP) is 1.26. The van der Waals surface area contributed by atoms with Crippen LogP contribution in [0.2, 0.25) is 0 Å². The van der Waals surface area contributed by atoms with Gasteiger partial charge in [-0.15, -0.1) is 0 Å². The van der Waals surface area contributed by atoms with Crippen LogP contribution in [0.1, 0.15) is 17.3 Å². The maximum atomic E-state index is 13.2. The number of ether oxygens (including phenoxy) is 2. The van der Waals surface area contributed by atoms with Gasteiger partial charge in [-0.2, -0.15) is 0 Å². The van der Waals surface area contributed by atoms with Crippen molar-refractivity contribution in [3.05, 3.63) is 35.6 Å². The Morgan fingerprint density at radius 2 is 1.89 bits per heavy atom. The van der Waals surface area contributed by atoms with E-state index in [-0.39, 0.29) is 12.2 Å². The third kappa shape index (κ3) is 4.74. The van der Waals surface area contributed by atoms with Crippen molar-refractivity contribution < 1.29 is 28.2 Å². The van der Waals surface area contributed by atoms with Gasteiger partial charge in [0, 0.05) is 0 Å². The lowest BCUT2D eigenvalue weighted by Crippen LogP contribution is -2.34. The van der Waals surface area contributed by atoms with Crippen molar-refractivity contribution in [1.29, 1.82) is 0 Å². The summed E-state index contributed by atoms with van der Waals surface area (Å²) in [6.07, 6.45) is -0.936. The highest BCUT2D eigenvalue weighted by molar-refractivity contribution is 5.95. The molecule has 0 fully saturated rings. The first-order chi connectivity index (χ1) is 9.04. The monoisotopic (exact) mass is 269 g/mol. The zero-order valence-electron chi connectivity index (χ0n) is 10.1. The second-order valence-electron chi connectivity index (χ2n) is 3.32. The molecule has 2 amide bonds. The molecule has 102 valence electrons. The number of hydrogen-bond donors (Lipinski definition) is 1. The van der Waals surface area contributed by atoms with Gasteiger partial charge in [0.15, 0.2) is 6.61 Å². The lowest BCUT2D eigenvalue weighted by atomic mass is 10.2. The summed E-state index contributed by atoms with van der Waals surface area (Å²) in [5.74, 6) is -2.60. The van der Waals surface area contributed by atoms with Gasteiger partial charge >= 0.3 is 12.1 Å². The van der Waals surface area contributed by atoms with Crippen LogP contribution < -0.4 is 5.32 Å². The lowest BCUT2D eigenvalue weighted by Gasteiger charge is -2.06. The Balaban J connectivity index is 2.45. The van der Waals surface area contributed by atoms with Crippen LogP contribution in [-0.4, -0.2) is 31.2 Å². The maximum Gasteiger partial charge on any atom is 0.413 e. The molecule has 1 aromatic rings. The van der Waals surface area contributed by atoms with Crippen molar-refractivity contribution >= 4 is 18.0 Å². The van der Waals surface area contributed by atoms with Crippen LogP contribution in [-0.2, 0) is 14.3 Å². The highest BCUT2D eigenvalue weighted by Crippen LogP contribution is 2.07. The molecule has 0 aliphatic carbocycles. The molecule has 19 heavy (non-hydrogen) atoms. The van der Waals surface area contributed by atoms with Crippen LogP contribution in [0.15, 0.2) is 24.3 Å². The molecule has 0 heterocycles. The van der Waals surface area contributed by atoms with Gasteiger partial charge in [-0.3, -0.25) is 10.1 Å². The van der Waals surface area contributed by atoms with Gasteiger partial charge in [-0.05, 0) is 19.1 Å². The first-order valence-corrected chi connectivity index (χ1v) is 5.42. The molecule has 1 aromatic carbocycles. The number of nitrogens with one attached hydrogen (secondary N) is 1. The fraction of sp³-hybridized carbons (Fsp3) is 0.250. The van der Waals surface area contributed by atoms with Crippen molar-refractivity contribution in [2.45, 2.75) is 6.92 Å². The Labute approximate surface area is 108 Å². The molecular weight excluding hydrogens is 257 g/mol. The fourth-order valence-electron chi connectivity index (χ4n) is 1.15. The van der Waals surface area contributed by atoms with Crippen LogP contribution in [0, 0.1) is 5.82 Å². The highest BCUT2D eigenvalue weighted by atomic mass is 19.1.